The lowest BCUT2D eigenvalue weighted by Gasteiger charge is -2.58. The molecule has 0 aromatic rings. The Morgan fingerprint density at radius 2 is 1.70 bits per heavy atom. The van der Waals surface area contributed by atoms with E-state index in [1.54, 1.807) is 0 Å². The number of hydrogen-bond acceptors (Lipinski definition) is 4. The van der Waals surface area contributed by atoms with Gasteiger partial charge < -0.3 is 15.9 Å². The highest BCUT2D eigenvalue weighted by Crippen LogP contribution is 2.67. The van der Waals surface area contributed by atoms with Gasteiger partial charge in [-0.25, -0.2) is 0 Å². The fourth-order valence-corrected chi connectivity index (χ4v) is 8.86. The van der Waals surface area contributed by atoms with Crippen molar-refractivity contribution in [2.24, 2.45) is 52.1 Å². The number of carboxylic acid groups (broad SMARTS) is 2. The van der Waals surface area contributed by atoms with Gasteiger partial charge in [0.05, 0.1) is 6.42 Å². The molecule has 4 aliphatic carbocycles. The molecule has 0 aromatic carbocycles. The van der Waals surface area contributed by atoms with Gasteiger partial charge in [0.15, 0.2) is 5.78 Å². The maximum atomic E-state index is 12.0. The molecule has 0 spiro atoms. The van der Waals surface area contributed by atoms with Crippen molar-refractivity contribution in [3.63, 3.8) is 0 Å². The van der Waals surface area contributed by atoms with Gasteiger partial charge in [-0.2, -0.15) is 0 Å². The van der Waals surface area contributed by atoms with Crippen LogP contribution in [-0.4, -0.2) is 34.0 Å². The fraction of sp³-hybridized carbons (Fsp3) is 0.839. The zero-order chi connectivity index (χ0) is 27.5. The van der Waals surface area contributed by atoms with Crippen molar-refractivity contribution in [3.05, 3.63) is 11.6 Å². The van der Waals surface area contributed by atoms with E-state index in [1.807, 2.05) is 0 Å². The van der Waals surface area contributed by atoms with Crippen LogP contribution in [-0.2, 0) is 14.4 Å². The Hall–Kier alpha value is -1.69. The molecule has 6 heteroatoms. The summed E-state index contributed by atoms with van der Waals surface area (Å²) in [4.78, 5) is 31.6. The third-order valence-corrected chi connectivity index (χ3v) is 10.9. The summed E-state index contributed by atoms with van der Waals surface area (Å²) in [6.07, 6.45) is 16.1. The quantitative estimate of drug-likeness (QED) is 0.340. The summed E-state index contributed by atoms with van der Waals surface area (Å²) >= 11 is 0. The molecule has 4 rings (SSSR count). The Balaban J connectivity index is 0.000000364. The molecular weight excluding hydrogens is 466 g/mol. The zero-order valence-corrected chi connectivity index (χ0v) is 23.8. The number of nitrogens with two attached hydrogens (primary N) is 1. The van der Waals surface area contributed by atoms with E-state index in [0.717, 1.165) is 48.3 Å². The second kappa shape index (κ2) is 12.0. The van der Waals surface area contributed by atoms with Crippen molar-refractivity contribution < 1.29 is 24.6 Å². The number of fused-ring (bicyclic) bond motifs is 5. The molecule has 0 heterocycles. The largest absolute Gasteiger partial charge is 0.481 e. The smallest absolute Gasteiger partial charge is 0.321 e. The van der Waals surface area contributed by atoms with Crippen LogP contribution < -0.4 is 5.73 Å². The van der Waals surface area contributed by atoms with Crippen LogP contribution in [0.2, 0.25) is 0 Å². The van der Waals surface area contributed by atoms with Gasteiger partial charge >= 0.3 is 11.9 Å². The first kappa shape index (κ1) is 29.9. The monoisotopic (exact) mass is 517 g/mol. The van der Waals surface area contributed by atoms with Crippen molar-refractivity contribution in [1.82, 2.24) is 0 Å². The van der Waals surface area contributed by atoms with E-state index in [2.05, 4.69) is 40.7 Å². The van der Waals surface area contributed by atoms with Gasteiger partial charge in [-0.05, 0) is 97.4 Å². The molecule has 8 atom stereocenters. The van der Waals surface area contributed by atoms with Gasteiger partial charge in [0.2, 0.25) is 0 Å². The molecule has 0 amide bonds. The average molecular weight is 518 g/mol. The molecule has 3 saturated carbocycles. The van der Waals surface area contributed by atoms with E-state index < -0.39 is 24.4 Å². The normalized spacial score (nSPS) is 36.3. The molecular formula is C31H51NO5. The van der Waals surface area contributed by atoms with E-state index in [-0.39, 0.29) is 0 Å². The van der Waals surface area contributed by atoms with Crippen molar-refractivity contribution in [3.8, 4) is 0 Å². The highest BCUT2D eigenvalue weighted by atomic mass is 16.4. The minimum absolute atomic E-state index is 0.332. The highest BCUT2D eigenvalue weighted by Gasteiger charge is 2.59. The molecule has 0 saturated heterocycles. The molecule has 3 fully saturated rings. The first-order valence-corrected chi connectivity index (χ1v) is 14.7. The topological polar surface area (TPSA) is 118 Å². The number of ketones is 1. The Kier molecular flexibility index (Phi) is 9.69. The van der Waals surface area contributed by atoms with E-state index in [9.17, 15) is 14.4 Å². The number of carbonyl (C=O) groups is 3. The Bertz CT molecular complexity index is 881. The van der Waals surface area contributed by atoms with Crippen molar-refractivity contribution in [2.45, 2.75) is 118 Å². The summed E-state index contributed by atoms with van der Waals surface area (Å²) in [5.74, 6) is 3.29. The molecule has 0 aromatic heterocycles. The van der Waals surface area contributed by atoms with Crippen molar-refractivity contribution in [1.29, 1.82) is 0 Å². The summed E-state index contributed by atoms with van der Waals surface area (Å²) < 4.78 is 0. The minimum Gasteiger partial charge on any atom is -0.481 e. The Morgan fingerprint density at radius 3 is 2.30 bits per heavy atom. The number of aliphatic carboxylic acids is 2. The maximum Gasteiger partial charge on any atom is 0.321 e. The second-order valence-corrected chi connectivity index (χ2v) is 13.5. The lowest BCUT2D eigenvalue weighted by molar-refractivity contribution is -0.144. The number of carboxylic acids is 2. The predicted octanol–water partition coefficient (Wildman–Crippen LogP) is 6.47. The maximum absolute atomic E-state index is 12.0. The second-order valence-electron chi connectivity index (χ2n) is 13.5. The third kappa shape index (κ3) is 6.49. The molecule has 210 valence electrons. The van der Waals surface area contributed by atoms with E-state index in [1.165, 1.54) is 63.4 Å². The van der Waals surface area contributed by atoms with Crippen LogP contribution in [0.15, 0.2) is 11.6 Å². The molecule has 6 nitrogen and oxygen atoms in total. The van der Waals surface area contributed by atoms with Gasteiger partial charge in [-0.1, -0.05) is 59.5 Å². The van der Waals surface area contributed by atoms with Crippen molar-refractivity contribution in [2.75, 3.05) is 0 Å². The zero-order valence-electron chi connectivity index (χ0n) is 23.8. The van der Waals surface area contributed by atoms with Crippen LogP contribution in [0, 0.1) is 46.3 Å². The summed E-state index contributed by atoms with van der Waals surface area (Å²) in [5.41, 5.74) is 7.27. The van der Waals surface area contributed by atoms with Gasteiger partial charge in [-0.3, -0.25) is 14.4 Å². The minimum atomic E-state index is -1.29. The molecule has 4 aliphatic rings. The Labute approximate surface area is 223 Å². The highest BCUT2D eigenvalue weighted by molar-refractivity contribution is 5.91. The van der Waals surface area contributed by atoms with Crippen LogP contribution >= 0.6 is 0 Å². The van der Waals surface area contributed by atoms with Crippen LogP contribution in [0.1, 0.15) is 112 Å². The molecule has 37 heavy (non-hydrogen) atoms. The lowest BCUT2D eigenvalue weighted by atomic mass is 9.46. The van der Waals surface area contributed by atoms with Crippen molar-refractivity contribution >= 4 is 17.7 Å². The first-order valence-electron chi connectivity index (χ1n) is 14.7. The van der Waals surface area contributed by atoms with Crippen LogP contribution in [0.4, 0.5) is 0 Å². The van der Waals surface area contributed by atoms with Crippen LogP contribution in [0.3, 0.4) is 0 Å². The van der Waals surface area contributed by atoms with Crippen LogP contribution in [0.5, 0.6) is 0 Å². The van der Waals surface area contributed by atoms with Gasteiger partial charge in [0, 0.05) is 6.42 Å². The van der Waals surface area contributed by atoms with Gasteiger partial charge in [0.1, 0.15) is 6.04 Å². The van der Waals surface area contributed by atoms with E-state index >= 15 is 0 Å². The SMILES string of the molecule is CC(C)CCC[C@@H](C)[C@H]1CC[C@H]2[C@@H]3CCC4=CC(=O)CC[C@]4(C)[C@H]3CC[C@]12C.N[C@@H](CC(=O)O)C(=O)O. The fourth-order valence-electron chi connectivity index (χ4n) is 8.86. The van der Waals surface area contributed by atoms with Gasteiger partial charge in [-0.15, -0.1) is 0 Å². The summed E-state index contributed by atoms with van der Waals surface area (Å²) in [5, 5.41) is 16.0. The summed E-state index contributed by atoms with van der Waals surface area (Å²) in [6.45, 7) is 12.5. The van der Waals surface area contributed by atoms with Gasteiger partial charge in [0.25, 0.3) is 0 Å². The van der Waals surface area contributed by atoms with Crippen LogP contribution in [0.25, 0.3) is 0 Å². The van der Waals surface area contributed by atoms with E-state index in [0.29, 0.717) is 16.6 Å². The summed E-state index contributed by atoms with van der Waals surface area (Å²) in [6, 6.07) is -1.29. The molecule has 0 aliphatic heterocycles. The standard InChI is InChI=1S/C27H44O.C4H7NO4/c1-18(2)7-6-8-19(3)23-11-12-24-22-10-9-20-17-21(28)13-15-26(20,4)25(22)14-16-27(23,24)5;5-2(4(8)9)1-3(6)7/h17-19,22-25H,6-16H2,1-5H3;2H,1,5H2,(H,6,7)(H,8,9)/t19-,22+,23-,24+,25+,26+,27-;2-/m10/s1. The third-order valence-electron chi connectivity index (χ3n) is 10.9. The number of allylic oxidation sites excluding steroid dienone is 1. The number of carbonyl (C=O) groups excluding carboxylic acids is 1. The summed E-state index contributed by atoms with van der Waals surface area (Å²) in [7, 11) is 0. The Morgan fingerprint density at radius 1 is 1.00 bits per heavy atom. The predicted molar refractivity (Wildman–Crippen MR) is 146 cm³/mol. The number of hydrogen-bond donors (Lipinski definition) is 3. The molecule has 0 bridgehead atoms. The number of rotatable bonds is 8. The molecule has 0 radical (unpaired) electrons. The van der Waals surface area contributed by atoms with E-state index in [4.69, 9.17) is 15.9 Å². The average Bonchev–Trinajstić information content (AvgIpc) is 3.16. The molecule has 4 N–H and O–H groups in total. The lowest BCUT2D eigenvalue weighted by Crippen LogP contribution is -2.50. The molecule has 0 unspecified atom stereocenters. The first-order chi connectivity index (χ1) is 17.3.